The summed E-state index contributed by atoms with van der Waals surface area (Å²) in [5.74, 6) is -1.74. The summed E-state index contributed by atoms with van der Waals surface area (Å²) in [6, 6.07) is 0. The lowest BCUT2D eigenvalue weighted by Gasteiger charge is -2.10. The van der Waals surface area contributed by atoms with Gasteiger partial charge in [-0.2, -0.15) is 17.7 Å². The Hall–Kier alpha value is -2.52. The van der Waals surface area contributed by atoms with Crippen molar-refractivity contribution >= 4 is 11.6 Å². The molecule has 19 heavy (non-hydrogen) atoms. The summed E-state index contributed by atoms with van der Waals surface area (Å²) < 4.78 is 38.5. The highest BCUT2D eigenvalue weighted by molar-refractivity contribution is 5.94. The number of hydrogen-bond acceptors (Lipinski definition) is 3. The molecule has 0 aromatic carbocycles. The summed E-state index contributed by atoms with van der Waals surface area (Å²) in [4.78, 5) is 35.6. The predicted octanol–water partition coefficient (Wildman–Crippen LogP) is 0.341. The van der Waals surface area contributed by atoms with Crippen LogP contribution in [0.4, 0.5) is 13.2 Å². The molecule has 0 aliphatic rings. The fourth-order valence-corrected chi connectivity index (χ4v) is 1.67. The monoisotopic (exact) mass is 277 g/mol. The summed E-state index contributed by atoms with van der Waals surface area (Å²) in [6.07, 6.45) is -4.87. The zero-order valence-corrected chi connectivity index (χ0v) is 9.25. The van der Waals surface area contributed by atoms with Crippen LogP contribution in [0.2, 0.25) is 0 Å². The molecule has 0 atom stereocenters. The number of aromatic nitrogens is 3. The number of halogens is 3. The van der Waals surface area contributed by atoms with Crippen molar-refractivity contribution < 1.29 is 23.1 Å². The van der Waals surface area contributed by atoms with Crippen LogP contribution in [0.5, 0.6) is 0 Å². The van der Waals surface area contributed by atoms with E-state index in [9.17, 15) is 27.6 Å². The van der Waals surface area contributed by atoms with Gasteiger partial charge in [-0.3, -0.25) is 14.7 Å². The second kappa shape index (κ2) is 3.73. The van der Waals surface area contributed by atoms with E-state index in [2.05, 4.69) is 0 Å². The van der Waals surface area contributed by atoms with Crippen LogP contribution < -0.4 is 11.1 Å². The number of carboxylic acid groups (broad SMARTS) is 1. The summed E-state index contributed by atoms with van der Waals surface area (Å²) in [7, 11) is 0. The fourth-order valence-electron chi connectivity index (χ4n) is 1.67. The van der Waals surface area contributed by atoms with Gasteiger partial charge in [-0.1, -0.05) is 0 Å². The number of alkyl halides is 3. The van der Waals surface area contributed by atoms with Crippen LogP contribution in [0.3, 0.4) is 0 Å². The lowest BCUT2D eigenvalue weighted by Crippen LogP contribution is -2.25. The van der Waals surface area contributed by atoms with Crippen LogP contribution >= 0.6 is 0 Å². The molecule has 0 bridgehead atoms. The van der Waals surface area contributed by atoms with Crippen molar-refractivity contribution in [3.8, 4) is 0 Å². The molecule has 0 amide bonds. The lowest BCUT2D eigenvalue weighted by molar-refractivity contribution is -0.141. The van der Waals surface area contributed by atoms with E-state index in [0.29, 0.717) is 4.52 Å². The molecule has 0 unspecified atom stereocenters. The number of fused-ring (bicyclic) bond motifs is 1. The number of nitrogens with one attached hydrogen (secondary N) is 2. The Balaban J connectivity index is 3.04. The van der Waals surface area contributed by atoms with E-state index in [1.165, 1.54) is 0 Å². The van der Waals surface area contributed by atoms with Gasteiger partial charge < -0.3 is 10.1 Å². The Labute approximate surface area is 101 Å². The van der Waals surface area contributed by atoms with Crippen molar-refractivity contribution in [2.75, 3.05) is 0 Å². The summed E-state index contributed by atoms with van der Waals surface area (Å²) >= 11 is 0. The largest absolute Gasteiger partial charge is 0.477 e. The first-order valence-corrected chi connectivity index (χ1v) is 4.82. The molecule has 0 fully saturated rings. The van der Waals surface area contributed by atoms with Gasteiger partial charge in [0.2, 0.25) is 0 Å². The van der Waals surface area contributed by atoms with E-state index < -0.39 is 45.7 Å². The van der Waals surface area contributed by atoms with Crippen molar-refractivity contribution in [3.63, 3.8) is 0 Å². The van der Waals surface area contributed by atoms with E-state index in [1.807, 2.05) is 5.10 Å². The topological polar surface area (TPSA) is 107 Å². The molecule has 102 valence electrons. The molecule has 2 rings (SSSR count). The number of carboxylic acids is 1. The van der Waals surface area contributed by atoms with Crippen LogP contribution in [0.15, 0.2) is 9.59 Å². The number of H-pyrrole nitrogens is 2. The zero-order chi connectivity index (χ0) is 14.5. The highest BCUT2D eigenvalue weighted by Gasteiger charge is 2.36. The molecule has 2 aromatic heterocycles. The summed E-state index contributed by atoms with van der Waals surface area (Å²) in [6.45, 7) is 0.917. The van der Waals surface area contributed by atoms with Crippen molar-refractivity contribution in [2.45, 2.75) is 13.1 Å². The standard InChI is InChI=1S/C9H6F3N3O4/c1-2-4(9(10,11)12)13-5-3(8(18)19)6(16)14-15(5)7(2)17/h13H,1H3,(H,14,16)(H,18,19). The number of rotatable bonds is 1. The van der Waals surface area contributed by atoms with Crippen molar-refractivity contribution in [2.24, 2.45) is 0 Å². The van der Waals surface area contributed by atoms with Gasteiger partial charge >= 0.3 is 12.1 Å². The summed E-state index contributed by atoms with van der Waals surface area (Å²) in [5, 5.41) is 10.6. The third-order valence-electron chi connectivity index (χ3n) is 2.54. The molecule has 0 aliphatic heterocycles. The maximum absolute atomic E-state index is 12.7. The Morgan fingerprint density at radius 2 is 1.89 bits per heavy atom. The molecule has 0 spiro atoms. The predicted molar refractivity (Wildman–Crippen MR) is 55.3 cm³/mol. The second-order valence-electron chi connectivity index (χ2n) is 3.73. The Bertz CT molecular complexity index is 796. The first-order chi connectivity index (χ1) is 8.64. The molecule has 0 radical (unpaired) electrons. The molecule has 0 saturated heterocycles. The normalized spacial score (nSPS) is 12.0. The maximum Gasteiger partial charge on any atom is 0.431 e. The van der Waals surface area contributed by atoms with Crippen LogP contribution in [0.25, 0.3) is 5.65 Å². The van der Waals surface area contributed by atoms with Crippen LogP contribution in [0, 0.1) is 6.92 Å². The number of carbonyl (C=O) groups is 1. The molecule has 3 N–H and O–H groups in total. The first kappa shape index (κ1) is 12.9. The quantitative estimate of drug-likeness (QED) is 0.698. The molecule has 2 heterocycles. The second-order valence-corrected chi connectivity index (χ2v) is 3.73. The molecule has 0 saturated carbocycles. The van der Waals surface area contributed by atoms with E-state index in [-0.39, 0.29) is 0 Å². The highest BCUT2D eigenvalue weighted by Crippen LogP contribution is 2.29. The van der Waals surface area contributed by atoms with E-state index in [4.69, 9.17) is 5.11 Å². The number of nitrogens with zero attached hydrogens (tertiary/aromatic N) is 1. The minimum Gasteiger partial charge on any atom is -0.477 e. The minimum atomic E-state index is -4.87. The molecule has 0 aliphatic carbocycles. The third-order valence-corrected chi connectivity index (χ3v) is 2.54. The number of aromatic carboxylic acids is 1. The fraction of sp³-hybridized carbons (Fsp3) is 0.222. The minimum absolute atomic E-state index is 0.441. The van der Waals surface area contributed by atoms with E-state index >= 15 is 0 Å². The van der Waals surface area contributed by atoms with Gasteiger partial charge in [-0.25, -0.2) is 4.79 Å². The van der Waals surface area contributed by atoms with Crippen LogP contribution in [0.1, 0.15) is 21.6 Å². The van der Waals surface area contributed by atoms with Crippen molar-refractivity contribution in [1.29, 1.82) is 0 Å². The molecular formula is C9H6F3N3O4. The SMILES string of the molecule is Cc1c(C(F)(F)F)[nH]c2c(C(=O)O)c(=O)[nH]n2c1=O. The van der Waals surface area contributed by atoms with Gasteiger partial charge in [0.15, 0.2) is 11.2 Å². The van der Waals surface area contributed by atoms with Crippen molar-refractivity contribution in [1.82, 2.24) is 14.6 Å². The van der Waals surface area contributed by atoms with Gasteiger partial charge in [0, 0.05) is 5.56 Å². The molecular weight excluding hydrogens is 271 g/mol. The molecule has 2 aromatic rings. The number of hydrogen-bond donors (Lipinski definition) is 3. The number of aromatic amines is 2. The van der Waals surface area contributed by atoms with Gasteiger partial charge in [0.05, 0.1) is 0 Å². The third kappa shape index (κ3) is 1.80. The van der Waals surface area contributed by atoms with Gasteiger partial charge in [0.25, 0.3) is 11.1 Å². The highest BCUT2D eigenvalue weighted by atomic mass is 19.4. The van der Waals surface area contributed by atoms with E-state index in [0.717, 1.165) is 6.92 Å². The van der Waals surface area contributed by atoms with E-state index in [1.54, 1.807) is 4.98 Å². The maximum atomic E-state index is 12.7. The van der Waals surface area contributed by atoms with Crippen LogP contribution in [-0.2, 0) is 6.18 Å². The lowest BCUT2D eigenvalue weighted by atomic mass is 10.2. The Morgan fingerprint density at radius 1 is 1.32 bits per heavy atom. The van der Waals surface area contributed by atoms with Gasteiger partial charge in [-0.05, 0) is 6.92 Å². The Kier molecular flexibility index (Phi) is 2.54. The van der Waals surface area contributed by atoms with Crippen molar-refractivity contribution in [3.05, 3.63) is 37.5 Å². The smallest absolute Gasteiger partial charge is 0.431 e. The average molecular weight is 277 g/mol. The summed E-state index contributed by atoms with van der Waals surface area (Å²) in [5.41, 5.74) is -6.07. The van der Waals surface area contributed by atoms with Crippen LogP contribution in [-0.4, -0.2) is 25.7 Å². The average Bonchev–Trinajstić information content (AvgIpc) is 2.58. The zero-order valence-electron chi connectivity index (χ0n) is 9.25. The first-order valence-electron chi connectivity index (χ1n) is 4.82. The Morgan fingerprint density at radius 3 is 2.37 bits per heavy atom. The van der Waals surface area contributed by atoms with Gasteiger partial charge in [0.1, 0.15) is 5.69 Å². The molecule has 7 nitrogen and oxygen atoms in total. The molecule has 10 heteroatoms. The van der Waals surface area contributed by atoms with Gasteiger partial charge in [-0.15, -0.1) is 0 Å².